The van der Waals surface area contributed by atoms with Crippen molar-refractivity contribution in [2.75, 3.05) is 18.1 Å². The third-order valence-electron chi connectivity index (χ3n) is 3.65. The molecular formula is C13H20N2O3S2. The first-order valence-electron chi connectivity index (χ1n) is 6.77. The van der Waals surface area contributed by atoms with E-state index in [1.807, 2.05) is 6.92 Å². The van der Waals surface area contributed by atoms with Crippen LogP contribution >= 0.6 is 11.3 Å². The molecule has 1 aromatic heterocycles. The van der Waals surface area contributed by atoms with E-state index in [0.717, 1.165) is 35.0 Å². The Morgan fingerprint density at radius 2 is 2.40 bits per heavy atom. The van der Waals surface area contributed by atoms with Crippen molar-refractivity contribution in [3.8, 4) is 0 Å². The second-order valence-corrected chi connectivity index (χ2v) is 8.02. The summed E-state index contributed by atoms with van der Waals surface area (Å²) in [7, 11) is -0.807. The molecule has 0 saturated heterocycles. The lowest BCUT2D eigenvalue weighted by Crippen LogP contribution is -2.17. The van der Waals surface area contributed by atoms with E-state index >= 15 is 0 Å². The van der Waals surface area contributed by atoms with E-state index in [2.05, 4.69) is 10.3 Å². The molecule has 0 bridgehead atoms. The number of hydrogen-bond acceptors (Lipinski definition) is 5. The predicted molar refractivity (Wildman–Crippen MR) is 82.1 cm³/mol. The highest BCUT2D eigenvalue weighted by molar-refractivity contribution is 7.84. The fraction of sp³-hybridized carbons (Fsp3) is 0.692. The number of thiazole rings is 1. The normalized spacial score (nSPS) is 21.0. The van der Waals surface area contributed by atoms with Gasteiger partial charge in [-0.25, -0.2) is 4.98 Å². The van der Waals surface area contributed by atoms with Gasteiger partial charge in [-0.05, 0) is 25.7 Å². The van der Waals surface area contributed by atoms with Crippen LogP contribution in [0.4, 0.5) is 5.13 Å². The summed E-state index contributed by atoms with van der Waals surface area (Å²) in [5, 5.41) is 13.4. The van der Waals surface area contributed by atoms with Gasteiger partial charge in [0, 0.05) is 33.7 Å². The molecule has 1 aliphatic rings. The van der Waals surface area contributed by atoms with E-state index in [9.17, 15) is 14.1 Å². The van der Waals surface area contributed by atoms with Gasteiger partial charge in [0.2, 0.25) is 0 Å². The van der Waals surface area contributed by atoms with Crippen molar-refractivity contribution in [3.05, 3.63) is 10.6 Å². The van der Waals surface area contributed by atoms with Gasteiger partial charge in [0.25, 0.3) is 0 Å². The molecule has 1 heterocycles. The molecule has 5 nitrogen and oxygen atoms in total. The topological polar surface area (TPSA) is 79.3 Å². The lowest BCUT2D eigenvalue weighted by molar-refractivity contribution is -0.139. The Labute approximate surface area is 125 Å². The Balaban J connectivity index is 1.98. The van der Waals surface area contributed by atoms with Crippen molar-refractivity contribution in [2.45, 2.75) is 43.8 Å². The van der Waals surface area contributed by atoms with Crippen LogP contribution in [0.3, 0.4) is 0 Å². The molecule has 0 spiro atoms. The highest BCUT2D eigenvalue weighted by Crippen LogP contribution is 2.36. The van der Waals surface area contributed by atoms with E-state index in [0.29, 0.717) is 13.0 Å². The largest absolute Gasteiger partial charge is 0.481 e. The second kappa shape index (κ2) is 6.67. The number of nitrogens with one attached hydrogen (secondary N) is 1. The standard InChI is InChI=1S/C13H20N2O3S2/c1-8(20(2)18)6-7-14-13-15-11-9(12(16)17)4-3-5-10(11)19-13/h8-9H,3-7H2,1-2H3,(H,14,15)(H,16,17). The van der Waals surface area contributed by atoms with Crippen LogP contribution in [0.2, 0.25) is 0 Å². The van der Waals surface area contributed by atoms with E-state index in [1.54, 1.807) is 17.6 Å². The third kappa shape index (κ3) is 3.58. The summed E-state index contributed by atoms with van der Waals surface area (Å²) < 4.78 is 11.3. The van der Waals surface area contributed by atoms with Gasteiger partial charge in [0.1, 0.15) is 5.92 Å². The van der Waals surface area contributed by atoms with Crippen LogP contribution in [0.5, 0.6) is 0 Å². The number of aromatic nitrogens is 1. The first-order chi connectivity index (χ1) is 9.49. The number of carbonyl (C=O) groups is 1. The highest BCUT2D eigenvalue weighted by Gasteiger charge is 2.29. The predicted octanol–water partition coefficient (Wildman–Crippen LogP) is 2.22. The monoisotopic (exact) mass is 316 g/mol. The Bertz CT molecular complexity index is 516. The van der Waals surface area contributed by atoms with Crippen molar-refractivity contribution in [1.29, 1.82) is 0 Å². The molecule has 1 aromatic rings. The lowest BCUT2D eigenvalue weighted by atomic mass is 9.91. The van der Waals surface area contributed by atoms with Crippen LogP contribution < -0.4 is 5.32 Å². The van der Waals surface area contributed by atoms with Gasteiger partial charge in [0.05, 0.1) is 5.69 Å². The molecule has 1 aliphatic carbocycles. The zero-order valence-corrected chi connectivity index (χ0v) is 13.4. The molecule has 20 heavy (non-hydrogen) atoms. The second-order valence-electron chi connectivity index (χ2n) is 5.14. The van der Waals surface area contributed by atoms with Crippen molar-refractivity contribution in [1.82, 2.24) is 4.98 Å². The zero-order valence-electron chi connectivity index (χ0n) is 11.7. The smallest absolute Gasteiger partial charge is 0.312 e. The molecule has 2 rings (SSSR count). The van der Waals surface area contributed by atoms with Crippen LogP contribution in [-0.2, 0) is 22.0 Å². The molecule has 0 aromatic carbocycles. The van der Waals surface area contributed by atoms with Crippen molar-refractivity contribution < 1.29 is 14.1 Å². The summed E-state index contributed by atoms with van der Waals surface area (Å²) in [5.74, 6) is -1.23. The highest BCUT2D eigenvalue weighted by atomic mass is 32.2. The minimum atomic E-state index is -0.807. The average Bonchev–Trinajstić information content (AvgIpc) is 2.80. The summed E-state index contributed by atoms with van der Waals surface area (Å²) in [6.45, 7) is 2.68. The minimum absolute atomic E-state index is 0.156. The number of nitrogens with zero attached hydrogens (tertiary/aromatic N) is 1. The SMILES string of the molecule is CC(CCNc1nc2c(s1)CCCC2C(=O)O)S(C)=O. The fourth-order valence-corrected chi connectivity index (χ4v) is 3.82. The summed E-state index contributed by atoms with van der Waals surface area (Å²) in [6, 6.07) is 0. The first kappa shape index (κ1) is 15.4. The van der Waals surface area contributed by atoms with Crippen molar-refractivity contribution in [3.63, 3.8) is 0 Å². The molecular weight excluding hydrogens is 296 g/mol. The van der Waals surface area contributed by atoms with Crippen molar-refractivity contribution >= 4 is 33.2 Å². The number of fused-ring (bicyclic) bond motifs is 1. The van der Waals surface area contributed by atoms with Crippen LogP contribution in [0.1, 0.15) is 42.7 Å². The summed E-state index contributed by atoms with van der Waals surface area (Å²) in [4.78, 5) is 16.8. The molecule has 112 valence electrons. The van der Waals surface area contributed by atoms with E-state index < -0.39 is 22.7 Å². The Kier molecular flexibility index (Phi) is 5.15. The molecule has 0 saturated carbocycles. The number of aliphatic carboxylic acids is 1. The van der Waals surface area contributed by atoms with Crippen LogP contribution in [0, 0.1) is 0 Å². The quantitative estimate of drug-likeness (QED) is 0.841. The van der Waals surface area contributed by atoms with E-state index in [4.69, 9.17) is 0 Å². The van der Waals surface area contributed by atoms with Gasteiger partial charge in [-0.2, -0.15) is 0 Å². The zero-order chi connectivity index (χ0) is 14.7. The van der Waals surface area contributed by atoms with Gasteiger partial charge in [-0.3, -0.25) is 9.00 Å². The maximum atomic E-state index is 11.3. The average molecular weight is 316 g/mol. The van der Waals surface area contributed by atoms with Gasteiger partial charge in [-0.15, -0.1) is 11.3 Å². The Morgan fingerprint density at radius 1 is 1.65 bits per heavy atom. The van der Waals surface area contributed by atoms with Gasteiger partial charge in [0.15, 0.2) is 5.13 Å². The molecule has 0 fully saturated rings. The van der Waals surface area contributed by atoms with Crippen molar-refractivity contribution in [2.24, 2.45) is 0 Å². The maximum Gasteiger partial charge on any atom is 0.312 e. The molecule has 0 aliphatic heterocycles. The van der Waals surface area contributed by atoms with E-state index in [1.165, 1.54) is 0 Å². The Hall–Kier alpha value is -0.950. The maximum absolute atomic E-state index is 11.3. The molecule has 2 N–H and O–H groups in total. The first-order valence-corrected chi connectivity index (χ1v) is 9.21. The van der Waals surface area contributed by atoms with E-state index in [-0.39, 0.29) is 5.25 Å². The number of carboxylic acid groups (broad SMARTS) is 1. The van der Waals surface area contributed by atoms with Gasteiger partial charge >= 0.3 is 5.97 Å². The third-order valence-corrected chi connectivity index (χ3v) is 6.10. The number of hydrogen-bond donors (Lipinski definition) is 2. The van der Waals surface area contributed by atoms with Crippen LogP contribution in [0.25, 0.3) is 0 Å². The fourth-order valence-electron chi connectivity index (χ4n) is 2.28. The number of carboxylic acids is 1. The molecule has 3 unspecified atom stereocenters. The van der Waals surface area contributed by atoms with Gasteiger partial charge < -0.3 is 10.4 Å². The summed E-state index contributed by atoms with van der Waals surface area (Å²) >= 11 is 1.56. The molecule has 3 atom stereocenters. The van der Waals surface area contributed by atoms with Crippen LogP contribution in [0.15, 0.2) is 0 Å². The molecule has 0 radical (unpaired) electrons. The van der Waals surface area contributed by atoms with Crippen LogP contribution in [-0.4, -0.2) is 38.3 Å². The molecule has 7 heteroatoms. The summed E-state index contributed by atoms with van der Waals surface area (Å²) in [6.07, 6.45) is 5.04. The molecule has 0 amide bonds. The Morgan fingerprint density at radius 3 is 3.05 bits per heavy atom. The number of anilines is 1. The summed E-state index contributed by atoms with van der Waals surface area (Å²) in [5.41, 5.74) is 0.739. The number of rotatable bonds is 6. The van der Waals surface area contributed by atoms with Gasteiger partial charge in [-0.1, -0.05) is 6.92 Å². The minimum Gasteiger partial charge on any atom is -0.481 e. The number of aryl methyl sites for hydroxylation is 1. The lowest BCUT2D eigenvalue weighted by Gasteiger charge is -2.16.